The molecule has 0 heterocycles. The van der Waals surface area contributed by atoms with Crippen LogP contribution in [-0.4, -0.2) is 47.8 Å². The highest BCUT2D eigenvalue weighted by Crippen LogP contribution is 2.14. The quantitative estimate of drug-likeness (QED) is 0.559. The highest BCUT2D eigenvalue weighted by Gasteiger charge is 2.21. The zero-order valence-corrected chi connectivity index (χ0v) is 13.1. The Labute approximate surface area is 114 Å². The maximum absolute atomic E-state index is 9.48. The second-order valence-electron chi connectivity index (χ2n) is 5.82. The van der Waals surface area contributed by atoms with Crippen molar-refractivity contribution in [2.75, 3.05) is 26.2 Å². The zero-order valence-electron chi connectivity index (χ0n) is 13.1. The van der Waals surface area contributed by atoms with Crippen LogP contribution < -0.4 is 5.32 Å². The van der Waals surface area contributed by atoms with Gasteiger partial charge in [-0.2, -0.15) is 0 Å². The summed E-state index contributed by atoms with van der Waals surface area (Å²) in [5, 5.41) is 12.9. The summed E-state index contributed by atoms with van der Waals surface area (Å²) in [7, 11) is 0. The van der Waals surface area contributed by atoms with E-state index in [1.807, 2.05) is 0 Å². The number of nitrogens with zero attached hydrogens (tertiary/aromatic N) is 1. The standard InChI is InChI=1S/C15H34N2O/c1-6-11-16-15(5,13-18)10-8-9-12-17(7-2)14(3)4/h14,16,18H,6-13H2,1-5H3. The minimum absolute atomic E-state index is 0.0924. The predicted octanol–water partition coefficient (Wildman–Crippen LogP) is 2.64. The molecule has 110 valence electrons. The van der Waals surface area contributed by atoms with E-state index < -0.39 is 0 Å². The molecule has 1 atom stereocenters. The van der Waals surface area contributed by atoms with Crippen molar-refractivity contribution in [2.24, 2.45) is 0 Å². The van der Waals surface area contributed by atoms with Gasteiger partial charge in [-0.25, -0.2) is 0 Å². The maximum atomic E-state index is 9.48. The predicted molar refractivity (Wildman–Crippen MR) is 80.0 cm³/mol. The summed E-state index contributed by atoms with van der Waals surface area (Å²) < 4.78 is 0. The molecule has 18 heavy (non-hydrogen) atoms. The van der Waals surface area contributed by atoms with E-state index in [0.29, 0.717) is 6.04 Å². The van der Waals surface area contributed by atoms with Crippen LogP contribution in [-0.2, 0) is 0 Å². The molecule has 0 rings (SSSR count). The van der Waals surface area contributed by atoms with Gasteiger partial charge in [0.25, 0.3) is 0 Å². The van der Waals surface area contributed by atoms with E-state index in [1.165, 1.54) is 19.4 Å². The summed E-state index contributed by atoms with van der Waals surface area (Å²) in [6.45, 7) is 14.5. The molecule has 0 saturated carbocycles. The van der Waals surface area contributed by atoms with Gasteiger partial charge in [0.05, 0.1) is 6.61 Å². The van der Waals surface area contributed by atoms with Gasteiger partial charge >= 0.3 is 0 Å². The van der Waals surface area contributed by atoms with E-state index >= 15 is 0 Å². The van der Waals surface area contributed by atoms with Gasteiger partial charge in [-0.1, -0.05) is 20.3 Å². The van der Waals surface area contributed by atoms with Gasteiger partial charge < -0.3 is 15.3 Å². The molecular weight excluding hydrogens is 224 g/mol. The monoisotopic (exact) mass is 258 g/mol. The van der Waals surface area contributed by atoms with E-state index in [4.69, 9.17) is 0 Å². The van der Waals surface area contributed by atoms with Crippen molar-refractivity contribution in [3.8, 4) is 0 Å². The molecule has 3 heteroatoms. The largest absolute Gasteiger partial charge is 0.394 e. The van der Waals surface area contributed by atoms with Crippen molar-refractivity contribution in [1.82, 2.24) is 10.2 Å². The van der Waals surface area contributed by atoms with E-state index in [-0.39, 0.29) is 12.1 Å². The average Bonchev–Trinajstić information content (AvgIpc) is 2.36. The third-order valence-corrected chi connectivity index (χ3v) is 3.71. The molecule has 2 N–H and O–H groups in total. The molecule has 1 unspecified atom stereocenters. The van der Waals surface area contributed by atoms with Crippen molar-refractivity contribution < 1.29 is 5.11 Å². The fourth-order valence-corrected chi connectivity index (χ4v) is 2.26. The maximum Gasteiger partial charge on any atom is 0.0610 e. The van der Waals surface area contributed by atoms with Crippen LogP contribution in [0.1, 0.15) is 60.3 Å². The van der Waals surface area contributed by atoms with E-state index in [9.17, 15) is 5.11 Å². The molecule has 0 saturated heterocycles. The van der Waals surface area contributed by atoms with E-state index in [2.05, 4.69) is 44.8 Å². The van der Waals surface area contributed by atoms with Crippen LogP contribution in [0.3, 0.4) is 0 Å². The molecule has 0 amide bonds. The van der Waals surface area contributed by atoms with Crippen LogP contribution in [0.25, 0.3) is 0 Å². The van der Waals surface area contributed by atoms with Crippen LogP contribution in [0.15, 0.2) is 0 Å². The second kappa shape index (κ2) is 9.76. The van der Waals surface area contributed by atoms with Crippen molar-refractivity contribution in [3.05, 3.63) is 0 Å². The minimum atomic E-state index is -0.0924. The first-order chi connectivity index (χ1) is 8.49. The topological polar surface area (TPSA) is 35.5 Å². The van der Waals surface area contributed by atoms with Crippen LogP contribution >= 0.6 is 0 Å². The SMILES string of the molecule is CCCNC(C)(CO)CCCCN(CC)C(C)C. The molecule has 0 aliphatic carbocycles. The fraction of sp³-hybridized carbons (Fsp3) is 1.00. The third-order valence-electron chi connectivity index (χ3n) is 3.71. The molecule has 0 radical (unpaired) electrons. The van der Waals surface area contributed by atoms with Crippen molar-refractivity contribution in [3.63, 3.8) is 0 Å². The van der Waals surface area contributed by atoms with E-state index in [1.54, 1.807) is 0 Å². The number of rotatable bonds is 11. The van der Waals surface area contributed by atoms with Crippen molar-refractivity contribution in [1.29, 1.82) is 0 Å². The molecule has 0 aromatic rings. The first-order valence-corrected chi connectivity index (χ1v) is 7.59. The summed E-state index contributed by atoms with van der Waals surface area (Å²) in [6, 6.07) is 0.637. The molecule has 3 nitrogen and oxygen atoms in total. The first kappa shape index (κ1) is 17.9. The smallest absolute Gasteiger partial charge is 0.0610 e. The van der Waals surface area contributed by atoms with Crippen LogP contribution in [0.2, 0.25) is 0 Å². The summed E-state index contributed by atoms with van der Waals surface area (Å²) >= 11 is 0. The number of hydrogen-bond acceptors (Lipinski definition) is 3. The molecule has 0 aromatic carbocycles. The van der Waals surface area contributed by atoms with Gasteiger partial charge in [-0.3, -0.25) is 0 Å². The number of nitrogens with one attached hydrogen (secondary N) is 1. The van der Waals surface area contributed by atoms with Gasteiger partial charge in [-0.05, 0) is 59.7 Å². The van der Waals surface area contributed by atoms with Gasteiger partial charge in [0.1, 0.15) is 0 Å². The average molecular weight is 258 g/mol. The number of aliphatic hydroxyl groups is 1. The lowest BCUT2D eigenvalue weighted by atomic mass is 9.95. The minimum Gasteiger partial charge on any atom is -0.394 e. The number of unbranched alkanes of at least 4 members (excludes halogenated alkanes) is 1. The van der Waals surface area contributed by atoms with Gasteiger partial charge in [0.2, 0.25) is 0 Å². The van der Waals surface area contributed by atoms with Crippen molar-refractivity contribution in [2.45, 2.75) is 71.9 Å². The Morgan fingerprint density at radius 2 is 1.89 bits per heavy atom. The Hall–Kier alpha value is -0.120. The molecule has 0 aromatic heterocycles. The van der Waals surface area contributed by atoms with Crippen molar-refractivity contribution >= 4 is 0 Å². The molecule has 0 spiro atoms. The van der Waals surface area contributed by atoms with Gasteiger partial charge in [-0.15, -0.1) is 0 Å². The lowest BCUT2D eigenvalue weighted by Gasteiger charge is -2.30. The Balaban J connectivity index is 3.86. The highest BCUT2D eigenvalue weighted by atomic mass is 16.3. The molecule has 0 fully saturated rings. The zero-order chi connectivity index (χ0) is 14.0. The fourth-order valence-electron chi connectivity index (χ4n) is 2.26. The molecular formula is C15H34N2O. The lowest BCUT2D eigenvalue weighted by molar-refractivity contribution is 0.159. The summed E-state index contributed by atoms with van der Waals surface area (Å²) in [4.78, 5) is 2.50. The Kier molecular flexibility index (Phi) is 9.70. The normalized spacial score (nSPS) is 15.3. The van der Waals surface area contributed by atoms with Crippen LogP contribution in [0.5, 0.6) is 0 Å². The summed E-state index contributed by atoms with van der Waals surface area (Å²) in [5.41, 5.74) is -0.0924. The third kappa shape index (κ3) is 7.34. The Bertz CT molecular complexity index is 197. The number of aliphatic hydroxyl groups excluding tert-OH is 1. The molecule has 0 aliphatic heterocycles. The Morgan fingerprint density at radius 1 is 1.22 bits per heavy atom. The number of hydrogen-bond donors (Lipinski definition) is 2. The summed E-state index contributed by atoms with van der Waals surface area (Å²) in [6.07, 6.45) is 4.57. The van der Waals surface area contributed by atoms with Gasteiger partial charge in [0, 0.05) is 11.6 Å². The first-order valence-electron chi connectivity index (χ1n) is 7.59. The molecule has 0 bridgehead atoms. The van der Waals surface area contributed by atoms with Crippen LogP contribution in [0, 0.1) is 0 Å². The second-order valence-corrected chi connectivity index (χ2v) is 5.82. The Morgan fingerprint density at radius 3 is 2.33 bits per heavy atom. The van der Waals surface area contributed by atoms with Crippen LogP contribution in [0.4, 0.5) is 0 Å². The van der Waals surface area contributed by atoms with Gasteiger partial charge in [0.15, 0.2) is 0 Å². The molecule has 0 aliphatic rings. The summed E-state index contributed by atoms with van der Waals surface area (Å²) in [5.74, 6) is 0. The lowest BCUT2D eigenvalue weighted by Crippen LogP contribution is -2.46. The highest BCUT2D eigenvalue weighted by molar-refractivity contribution is 4.82. The van der Waals surface area contributed by atoms with E-state index in [0.717, 1.165) is 25.9 Å².